The highest BCUT2D eigenvalue weighted by atomic mass is 32.2. The maximum absolute atomic E-state index is 12.5. The van der Waals surface area contributed by atoms with Crippen molar-refractivity contribution < 1.29 is 8.42 Å². The zero-order valence-electron chi connectivity index (χ0n) is 13.4. The van der Waals surface area contributed by atoms with Crippen LogP contribution in [0.3, 0.4) is 0 Å². The Morgan fingerprint density at radius 2 is 2.00 bits per heavy atom. The average molecular weight is 334 g/mol. The number of rotatable bonds is 5. The normalized spacial score (nSPS) is 19.3. The molecule has 1 aromatic heterocycles. The molecule has 124 valence electrons. The van der Waals surface area contributed by atoms with Gasteiger partial charge >= 0.3 is 0 Å². The summed E-state index contributed by atoms with van der Waals surface area (Å²) in [6, 6.07) is 11.7. The first kappa shape index (κ1) is 16.2. The second kappa shape index (κ2) is 6.43. The summed E-state index contributed by atoms with van der Waals surface area (Å²) in [4.78, 5) is 0. The first-order valence-corrected chi connectivity index (χ1v) is 9.21. The predicted octanol–water partition coefficient (Wildman–Crippen LogP) is 1.78. The third kappa shape index (κ3) is 3.63. The van der Waals surface area contributed by atoms with E-state index in [-0.39, 0.29) is 6.04 Å². The molecule has 1 N–H and O–H groups in total. The minimum Gasteiger partial charge on any atom is -0.265 e. The molecule has 1 fully saturated rings. The Balaban J connectivity index is 1.64. The zero-order chi connectivity index (χ0) is 16.4. The van der Waals surface area contributed by atoms with Gasteiger partial charge in [0.2, 0.25) is 0 Å². The number of aromatic nitrogens is 2. The predicted molar refractivity (Wildman–Crippen MR) is 89.1 cm³/mol. The summed E-state index contributed by atoms with van der Waals surface area (Å²) in [6.45, 7) is 5.25. The third-order valence-corrected chi connectivity index (χ3v) is 5.68. The van der Waals surface area contributed by atoms with Gasteiger partial charge in [-0.1, -0.05) is 30.3 Å². The van der Waals surface area contributed by atoms with Crippen LogP contribution in [0.25, 0.3) is 0 Å². The van der Waals surface area contributed by atoms with Gasteiger partial charge in [0.05, 0.1) is 11.7 Å². The van der Waals surface area contributed by atoms with Gasteiger partial charge in [-0.25, -0.2) is 0 Å². The number of hydrogen-bond donors (Lipinski definition) is 1. The average Bonchev–Trinajstić information content (AvgIpc) is 3.13. The Morgan fingerprint density at radius 3 is 2.65 bits per heavy atom. The fourth-order valence-corrected chi connectivity index (χ4v) is 4.25. The fourth-order valence-electron chi connectivity index (χ4n) is 3.01. The van der Waals surface area contributed by atoms with E-state index in [4.69, 9.17) is 0 Å². The van der Waals surface area contributed by atoms with Crippen molar-refractivity contribution in [2.45, 2.75) is 32.9 Å². The van der Waals surface area contributed by atoms with Crippen LogP contribution in [0.2, 0.25) is 0 Å². The first-order chi connectivity index (χ1) is 11.0. The molecule has 1 aliphatic rings. The lowest BCUT2D eigenvalue weighted by atomic mass is 10.2. The molecule has 0 saturated carbocycles. The molecule has 3 rings (SSSR count). The highest BCUT2D eigenvalue weighted by Crippen LogP contribution is 2.24. The Bertz CT molecular complexity index is 771. The van der Waals surface area contributed by atoms with E-state index < -0.39 is 10.2 Å². The quantitative estimate of drug-likeness (QED) is 0.906. The van der Waals surface area contributed by atoms with Gasteiger partial charge in [0, 0.05) is 25.3 Å². The Kier molecular flexibility index (Phi) is 4.52. The van der Waals surface area contributed by atoms with E-state index in [1.807, 2.05) is 54.9 Å². The van der Waals surface area contributed by atoms with Crippen molar-refractivity contribution in [3.63, 3.8) is 0 Å². The van der Waals surface area contributed by atoms with Crippen LogP contribution >= 0.6 is 0 Å². The van der Waals surface area contributed by atoms with Gasteiger partial charge in [0.1, 0.15) is 0 Å². The van der Waals surface area contributed by atoms with Gasteiger partial charge < -0.3 is 0 Å². The molecule has 0 amide bonds. The Labute approximate surface area is 137 Å². The molecule has 1 unspecified atom stereocenters. The lowest BCUT2D eigenvalue weighted by molar-refractivity contribution is 0.423. The first-order valence-electron chi connectivity index (χ1n) is 7.77. The molecule has 23 heavy (non-hydrogen) atoms. The van der Waals surface area contributed by atoms with Gasteiger partial charge in [-0.05, 0) is 31.9 Å². The standard InChI is InChI=1S/C16H22N4O2S/c1-13-10-14(2)20(18-13)16-8-9-19(12-16)23(21,22)17-11-15-6-4-3-5-7-15/h3-7,10,16-17H,8-9,11-12H2,1-2H3. The molecule has 6 nitrogen and oxygen atoms in total. The molecule has 7 heteroatoms. The number of nitrogens with zero attached hydrogens (tertiary/aromatic N) is 3. The fraction of sp³-hybridized carbons (Fsp3) is 0.438. The maximum Gasteiger partial charge on any atom is 0.279 e. The number of benzene rings is 1. The van der Waals surface area contributed by atoms with Crippen LogP contribution in [0, 0.1) is 13.8 Å². The zero-order valence-corrected chi connectivity index (χ0v) is 14.3. The van der Waals surface area contributed by atoms with Gasteiger partial charge in [-0.3, -0.25) is 4.68 Å². The molecule has 2 aromatic rings. The van der Waals surface area contributed by atoms with Crippen LogP contribution in [-0.2, 0) is 16.8 Å². The van der Waals surface area contributed by atoms with Gasteiger partial charge in [-0.2, -0.15) is 22.5 Å². The Morgan fingerprint density at radius 1 is 1.26 bits per heavy atom. The second-order valence-corrected chi connectivity index (χ2v) is 7.74. The van der Waals surface area contributed by atoms with E-state index >= 15 is 0 Å². The van der Waals surface area contributed by atoms with Crippen molar-refractivity contribution in [1.82, 2.24) is 18.8 Å². The van der Waals surface area contributed by atoms with Gasteiger partial charge in [-0.15, -0.1) is 0 Å². The maximum atomic E-state index is 12.5. The largest absolute Gasteiger partial charge is 0.279 e. The highest BCUT2D eigenvalue weighted by molar-refractivity contribution is 7.87. The lowest BCUT2D eigenvalue weighted by Gasteiger charge is -2.18. The molecule has 1 aromatic carbocycles. The second-order valence-electron chi connectivity index (χ2n) is 5.98. The summed E-state index contributed by atoms with van der Waals surface area (Å²) in [5.74, 6) is 0. The highest BCUT2D eigenvalue weighted by Gasteiger charge is 2.32. The molecular weight excluding hydrogens is 312 g/mol. The summed E-state index contributed by atoms with van der Waals surface area (Å²) in [6.07, 6.45) is 0.786. The van der Waals surface area contributed by atoms with E-state index in [1.165, 1.54) is 4.31 Å². The summed E-state index contributed by atoms with van der Waals surface area (Å²) >= 11 is 0. The smallest absolute Gasteiger partial charge is 0.265 e. The molecule has 1 aliphatic heterocycles. The third-order valence-electron chi connectivity index (χ3n) is 4.16. The summed E-state index contributed by atoms with van der Waals surface area (Å²) in [5, 5.41) is 4.48. The molecule has 0 aliphatic carbocycles. The van der Waals surface area contributed by atoms with Crippen LogP contribution in [0.4, 0.5) is 0 Å². The molecule has 2 heterocycles. The van der Waals surface area contributed by atoms with E-state index in [0.717, 1.165) is 23.4 Å². The monoisotopic (exact) mass is 334 g/mol. The topological polar surface area (TPSA) is 67.2 Å². The van der Waals surface area contributed by atoms with Crippen molar-refractivity contribution in [1.29, 1.82) is 0 Å². The van der Waals surface area contributed by atoms with Crippen LogP contribution in [-0.4, -0.2) is 35.6 Å². The van der Waals surface area contributed by atoms with Crippen molar-refractivity contribution in [3.05, 3.63) is 53.3 Å². The van der Waals surface area contributed by atoms with Crippen LogP contribution in [0.15, 0.2) is 36.4 Å². The van der Waals surface area contributed by atoms with E-state index in [2.05, 4.69) is 9.82 Å². The molecule has 0 radical (unpaired) electrons. The lowest BCUT2D eigenvalue weighted by Crippen LogP contribution is -2.39. The molecule has 0 spiro atoms. The van der Waals surface area contributed by atoms with Crippen LogP contribution in [0.5, 0.6) is 0 Å². The minimum atomic E-state index is -3.46. The summed E-state index contributed by atoms with van der Waals surface area (Å²) in [5.41, 5.74) is 2.99. The van der Waals surface area contributed by atoms with Gasteiger partial charge in [0.25, 0.3) is 10.2 Å². The Hall–Kier alpha value is -1.70. The van der Waals surface area contributed by atoms with E-state index in [0.29, 0.717) is 19.6 Å². The van der Waals surface area contributed by atoms with Crippen molar-refractivity contribution in [2.24, 2.45) is 0 Å². The van der Waals surface area contributed by atoms with Crippen molar-refractivity contribution >= 4 is 10.2 Å². The van der Waals surface area contributed by atoms with Crippen molar-refractivity contribution in [3.8, 4) is 0 Å². The minimum absolute atomic E-state index is 0.108. The van der Waals surface area contributed by atoms with Gasteiger partial charge in [0.15, 0.2) is 0 Å². The molecule has 1 saturated heterocycles. The van der Waals surface area contributed by atoms with Crippen LogP contribution in [0.1, 0.15) is 29.4 Å². The number of hydrogen-bond acceptors (Lipinski definition) is 3. The van der Waals surface area contributed by atoms with E-state index in [9.17, 15) is 8.42 Å². The summed E-state index contributed by atoms with van der Waals surface area (Å²) in [7, 11) is -3.46. The molecule has 1 atom stereocenters. The number of aryl methyl sites for hydroxylation is 2. The van der Waals surface area contributed by atoms with Crippen molar-refractivity contribution in [2.75, 3.05) is 13.1 Å². The molecular formula is C16H22N4O2S. The number of nitrogens with one attached hydrogen (secondary N) is 1. The van der Waals surface area contributed by atoms with Crippen LogP contribution < -0.4 is 4.72 Å². The summed E-state index contributed by atoms with van der Waals surface area (Å²) < 4.78 is 31.1. The van der Waals surface area contributed by atoms with E-state index in [1.54, 1.807) is 0 Å². The molecule has 0 bridgehead atoms. The SMILES string of the molecule is Cc1cc(C)n(C2CCN(S(=O)(=O)NCc3ccccc3)C2)n1.